The number of amides is 3. The van der Waals surface area contributed by atoms with Crippen LogP contribution in [-0.2, 0) is 20.9 Å². The molecule has 2 aromatic rings. The molecule has 0 saturated carbocycles. The Morgan fingerprint density at radius 1 is 1.12 bits per heavy atom. The standard InChI is InChI=1S/C24H28N4O4/c1-24(2)16-27(15-22(30)28(24)19-7-9-20(32-3)10-8-19)23(31)17-12-21(29)26(13-17)14-18-6-4-5-11-25-18/h4-11,17H,12-16H2,1-3H3/t17-/m0/s1. The van der Waals surface area contributed by atoms with E-state index in [9.17, 15) is 14.4 Å². The lowest BCUT2D eigenvalue weighted by Crippen LogP contribution is -2.64. The van der Waals surface area contributed by atoms with Crippen molar-refractivity contribution in [3.63, 3.8) is 0 Å². The molecule has 3 heterocycles. The lowest BCUT2D eigenvalue weighted by molar-refractivity contribution is -0.142. The van der Waals surface area contributed by atoms with Gasteiger partial charge in [0.25, 0.3) is 0 Å². The van der Waals surface area contributed by atoms with E-state index in [1.807, 2.05) is 56.3 Å². The van der Waals surface area contributed by atoms with Crippen LogP contribution >= 0.6 is 0 Å². The minimum Gasteiger partial charge on any atom is -0.497 e. The van der Waals surface area contributed by atoms with Crippen LogP contribution in [0.3, 0.4) is 0 Å². The van der Waals surface area contributed by atoms with Gasteiger partial charge >= 0.3 is 0 Å². The van der Waals surface area contributed by atoms with Crippen molar-refractivity contribution in [1.82, 2.24) is 14.8 Å². The van der Waals surface area contributed by atoms with Crippen LogP contribution in [0.5, 0.6) is 5.75 Å². The van der Waals surface area contributed by atoms with Crippen molar-refractivity contribution < 1.29 is 19.1 Å². The molecule has 0 unspecified atom stereocenters. The highest BCUT2D eigenvalue weighted by atomic mass is 16.5. The van der Waals surface area contributed by atoms with E-state index in [0.717, 1.165) is 11.4 Å². The quantitative estimate of drug-likeness (QED) is 0.717. The summed E-state index contributed by atoms with van der Waals surface area (Å²) in [5, 5.41) is 0. The Bertz CT molecular complexity index is 1010. The fourth-order valence-electron chi connectivity index (χ4n) is 4.58. The zero-order chi connectivity index (χ0) is 22.9. The predicted molar refractivity (Wildman–Crippen MR) is 119 cm³/mol. The number of likely N-dealkylation sites (tertiary alicyclic amines) is 1. The molecule has 8 nitrogen and oxygen atoms in total. The minimum absolute atomic E-state index is 0.000770. The van der Waals surface area contributed by atoms with E-state index in [-0.39, 0.29) is 30.7 Å². The molecule has 2 aliphatic heterocycles. The second-order valence-corrected chi connectivity index (χ2v) is 8.93. The Hall–Kier alpha value is -3.42. The van der Waals surface area contributed by atoms with Crippen LogP contribution in [0.15, 0.2) is 48.7 Å². The number of benzene rings is 1. The maximum atomic E-state index is 13.2. The molecule has 32 heavy (non-hydrogen) atoms. The number of aromatic nitrogens is 1. The van der Waals surface area contributed by atoms with Crippen LogP contribution < -0.4 is 9.64 Å². The van der Waals surface area contributed by atoms with Gasteiger partial charge in [0.1, 0.15) is 12.3 Å². The molecule has 4 rings (SSSR count). The van der Waals surface area contributed by atoms with E-state index in [1.54, 1.807) is 28.0 Å². The van der Waals surface area contributed by atoms with Crippen LogP contribution in [0.1, 0.15) is 26.0 Å². The monoisotopic (exact) mass is 436 g/mol. The van der Waals surface area contributed by atoms with E-state index < -0.39 is 11.5 Å². The molecule has 0 N–H and O–H groups in total. The molecule has 2 aliphatic rings. The number of ether oxygens (including phenoxy) is 1. The molecule has 1 atom stereocenters. The average Bonchev–Trinajstić information content (AvgIpc) is 3.13. The van der Waals surface area contributed by atoms with Gasteiger partial charge in [-0.05, 0) is 50.2 Å². The number of methoxy groups -OCH3 is 1. The summed E-state index contributed by atoms with van der Waals surface area (Å²) in [4.78, 5) is 48.1. The maximum absolute atomic E-state index is 13.2. The molecular weight excluding hydrogens is 408 g/mol. The smallest absolute Gasteiger partial charge is 0.247 e. The zero-order valence-electron chi connectivity index (χ0n) is 18.7. The number of hydrogen-bond donors (Lipinski definition) is 0. The molecular formula is C24H28N4O4. The number of nitrogens with zero attached hydrogens (tertiary/aromatic N) is 4. The fraction of sp³-hybridized carbons (Fsp3) is 0.417. The van der Waals surface area contributed by atoms with Crippen molar-refractivity contribution in [3.8, 4) is 5.75 Å². The average molecular weight is 437 g/mol. The number of piperazine rings is 1. The SMILES string of the molecule is COc1ccc(N2C(=O)CN(C(=O)[C@H]3CC(=O)N(Cc4ccccn4)C3)CC2(C)C)cc1. The van der Waals surface area contributed by atoms with Gasteiger partial charge in [-0.15, -0.1) is 0 Å². The number of pyridine rings is 1. The van der Waals surface area contributed by atoms with Gasteiger partial charge in [-0.3, -0.25) is 19.4 Å². The van der Waals surface area contributed by atoms with Crippen LogP contribution in [0, 0.1) is 5.92 Å². The van der Waals surface area contributed by atoms with Crippen molar-refractivity contribution in [2.75, 3.05) is 31.6 Å². The summed E-state index contributed by atoms with van der Waals surface area (Å²) in [5.74, 6) is -0.0695. The van der Waals surface area contributed by atoms with Crippen molar-refractivity contribution in [3.05, 3.63) is 54.4 Å². The summed E-state index contributed by atoms with van der Waals surface area (Å²) in [6.07, 6.45) is 1.85. The summed E-state index contributed by atoms with van der Waals surface area (Å²) >= 11 is 0. The van der Waals surface area contributed by atoms with Crippen molar-refractivity contribution in [2.24, 2.45) is 5.92 Å². The van der Waals surface area contributed by atoms with Crippen LogP contribution in [0.2, 0.25) is 0 Å². The van der Waals surface area contributed by atoms with Crippen LogP contribution in [-0.4, -0.2) is 64.8 Å². The van der Waals surface area contributed by atoms with Gasteiger partial charge in [0.15, 0.2) is 0 Å². The van der Waals surface area contributed by atoms with Gasteiger partial charge in [-0.25, -0.2) is 0 Å². The van der Waals surface area contributed by atoms with Crippen LogP contribution in [0.25, 0.3) is 0 Å². The van der Waals surface area contributed by atoms with Gasteiger partial charge in [-0.2, -0.15) is 0 Å². The second kappa shape index (κ2) is 8.61. The number of carbonyl (C=O) groups excluding carboxylic acids is 3. The maximum Gasteiger partial charge on any atom is 0.247 e. The Kier molecular flexibility index (Phi) is 5.86. The summed E-state index contributed by atoms with van der Waals surface area (Å²) in [5.41, 5.74) is 0.972. The first kappa shape index (κ1) is 21.8. The topological polar surface area (TPSA) is 83.0 Å². The summed E-state index contributed by atoms with van der Waals surface area (Å²) in [7, 11) is 1.60. The number of rotatable bonds is 5. The zero-order valence-corrected chi connectivity index (χ0v) is 18.7. The Morgan fingerprint density at radius 3 is 2.50 bits per heavy atom. The molecule has 0 spiro atoms. The fourth-order valence-corrected chi connectivity index (χ4v) is 4.58. The lowest BCUT2D eigenvalue weighted by Gasteiger charge is -2.47. The first-order valence-electron chi connectivity index (χ1n) is 10.7. The number of anilines is 1. The molecule has 2 fully saturated rings. The van der Waals surface area contributed by atoms with Gasteiger partial charge in [0.05, 0.1) is 30.8 Å². The van der Waals surface area contributed by atoms with Crippen molar-refractivity contribution in [1.29, 1.82) is 0 Å². The predicted octanol–water partition coefficient (Wildman–Crippen LogP) is 2.09. The normalized spacial score (nSPS) is 20.6. The third-order valence-electron chi connectivity index (χ3n) is 6.04. The first-order valence-corrected chi connectivity index (χ1v) is 10.7. The van der Waals surface area contributed by atoms with E-state index in [2.05, 4.69) is 4.98 Å². The highest BCUT2D eigenvalue weighted by Crippen LogP contribution is 2.31. The molecule has 0 aliphatic carbocycles. The largest absolute Gasteiger partial charge is 0.497 e. The summed E-state index contributed by atoms with van der Waals surface area (Å²) in [6.45, 7) is 5.03. The highest BCUT2D eigenvalue weighted by molar-refractivity contribution is 6.00. The van der Waals surface area contributed by atoms with E-state index in [1.165, 1.54) is 0 Å². The van der Waals surface area contributed by atoms with E-state index >= 15 is 0 Å². The molecule has 0 bridgehead atoms. The second-order valence-electron chi connectivity index (χ2n) is 8.93. The van der Waals surface area contributed by atoms with E-state index in [0.29, 0.717) is 25.4 Å². The lowest BCUT2D eigenvalue weighted by atomic mass is 9.95. The third-order valence-corrected chi connectivity index (χ3v) is 6.04. The molecule has 1 aromatic carbocycles. The van der Waals surface area contributed by atoms with Crippen molar-refractivity contribution >= 4 is 23.4 Å². The summed E-state index contributed by atoms with van der Waals surface area (Å²) < 4.78 is 5.20. The van der Waals surface area contributed by atoms with Crippen LogP contribution in [0.4, 0.5) is 5.69 Å². The Morgan fingerprint density at radius 2 is 1.88 bits per heavy atom. The summed E-state index contributed by atoms with van der Waals surface area (Å²) in [6, 6.07) is 12.9. The van der Waals surface area contributed by atoms with Gasteiger partial charge in [0.2, 0.25) is 17.7 Å². The third kappa shape index (κ3) is 4.30. The first-order chi connectivity index (χ1) is 15.3. The molecule has 8 heteroatoms. The highest BCUT2D eigenvalue weighted by Gasteiger charge is 2.44. The van der Waals surface area contributed by atoms with Crippen molar-refractivity contribution in [2.45, 2.75) is 32.4 Å². The number of carbonyl (C=O) groups is 3. The Labute approximate surface area is 187 Å². The van der Waals surface area contributed by atoms with Gasteiger partial charge in [0, 0.05) is 31.4 Å². The molecule has 0 radical (unpaired) electrons. The number of hydrogen-bond acceptors (Lipinski definition) is 5. The van der Waals surface area contributed by atoms with Gasteiger partial charge in [-0.1, -0.05) is 6.07 Å². The molecule has 2 saturated heterocycles. The molecule has 3 amide bonds. The molecule has 1 aromatic heterocycles. The molecule has 168 valence electrons. The van der Waals surface area contributed by atoms with Gasteiger partial charge < -0.3 is 19.4 Å². The minimum atomic E-state index is -0.587. The van der Waals surface area contributed by atoms with E-state index in [4.69, 9.17) is 4.74 Å². The Balaban J connectivity index is 1.44.